The first-order valence-electron chi connectivity index (χ1n) is 8.09. The van der Waals surface area contributed by atoms with Crippen molar-refractivity contribution in [2.75, 3.05) is 19.6 Å². The molecule has 1 heterocycles. The molecule has 1 atom stereocenters. The molecule has 1 aromatic carbocycles. The van der Waals surface area contributed by atoms with E-state index < -0.39 is 0 Å². The molecular weight excluding hydrogens is 244 g/mol. The fourth-order valence-corrected chi connectivity index (χ4v) is 3.41. The Morgan fingerprint density at radius 1 is 1.20 bits per heavy atom. The van der Waals surface area contributed by atoms with E-state index in [1.54, 1.807) is 0 Å². The number of aryl methyl sites for hydroxylation is 1. The smallest absolute Gasteiger partial charge is 0.0473 e. The third kappa shape index (κ3) is 3.62. The van der Waals surface area contributed by atoms with Crippen molar-refractivity contribution < 1.29 is 0 Å². The maximum atomic E-state index is 6.14. The average Bonchev–Trinajstić information content (AvgIpc) is 2.62. The minimum Gasteiger partial charge on any atom is -0.329 e. The zero-order valence-corrected chi connectivity index (χ0v) is 13.4. The van der Waals surface area contributed by atoms with Crippen LogP contribution in [0.15, 0.2) is 24.3 Å². The van der Waals surface area contributed by atoms with E-state index in [4.69, 9.17) is 5.73 Å². The molecule has 1 unspecified atom stereocenters. The van der Waals surface area contributed by atoms with Crippen LogP contribution in [0.1, 0.15) is 57.2 Å². The van der Waals surface area contributed by atoms with Crippen LogP contribution in [-0.4, -0.2) is 24.5 Å². The first-order valence-corrected chi connectivity index (χ1v) is 8.09. The van der Waals surface area contributed by atoms with E-state index in [1.165, 1.54) is 43.5 Å². The van der Waals surface area contributed by atoms with Gasteiger partial charge in [-0.2, -0.15) is 0 Å². The first-order chi connectivity index (χ1) is 9.57. The highest BCUT2D eigenvalue weighted by molar-refractivity contribution is 5.30. The minimum absolute atomic E-state index is 0.389. The fraction of sp³-hybridized carbons (Fsp3) is 0.667. The van der Waals surface area contributed by atoms with Crippen LogP contribution in [0.3, 0.4) is 0 Å². The second kappa shape index (κ2) is 6.73. The van der Waals surface area contributed by atoms with Gasteiger partial charge in [-0.1, -0.05) is 45.0 Å². The van der Waals surface area contributed by atoms with Crippen LogP contribution in [0.25, 0.3) is 0 Å². The Bertz CT molecular complexity index is 425. The maximum Gasteiger partial charge on any atom is 0.0473 e. The van der Waals surface area contributed by atoms with Gasteiger partial charge in [0.2, 0.25) is 0 Å². The third-order valence-electron chi connectivity index (χ3n) is 4.83. The van der Waals surface area contributed by atoms with E-state index in [1.807, 2.05) is 0 Å². The Labute approximate surface area is 124 Å². The molecule has 112 valence electrons. The van der Waals surface area contributed by atoms with E-state index in [0.717, 1.165) is 13.0 Å². The molecule has 0 aromatic heterocycles. The molecule has 2 heteroatoms. The van der Waals surface area contributed by atoms with Crippen molar-refractivity contribution in [2.45, 2.75) is 52.5 Å². The van der Waals surface area contributed by atoms with E-state index in [9.17, 15) is 0 Å². The van der Waals surface area contributed by atoms with Crippen LogP contribution in [0.5, 0.6) is 0 Å². The highest BCUT2D eigenvalue weighted by Gasteiger charge is 2.27. The van der Waals surface area contributed by atoms with Crippen molar-refractivity contribution in [1.29, 1.82) is 0 Å². The zero-order chi connectivity index (χ0) is 14.6. The van der Waals surface area contributed by atoms with Crippen LogP contribution < -0.4 is 5.73 Å². The average molecular weight is 274 g/mol. The summed E-state index contributed by atoms with van der Waals surface area (Å²) in [6.45, 7) is 10.1. The summed E-state index contributed by atoms with van der Waals surface area (Å²) in [6.07, 6.45) is 4.98. The Hall–Kier alpha value is -0.860. The monoisotopic (exact) mass is 274 g/mol. The molecule has 2 nitrogen and oxygen atoms in total. The van der Waals surface area contributed by atoms with Crippen molar-refractivity contribution in [3.8, 4) is 0 Å². The van der Waals surface area contributed by atoms with Gasteiger partial charge in [-0.25, -0.2) is 0 Å². The summed E-state index contributed by atoms with van der Waals surface area (Å²) in [5.41, 5.74) is 9.51. The predicted molar refractivity (Wildman–Crippen MR) is 86.8 cm³/mol. The van der Waals surface area contributed by atoms with E-state index in [0.29, 0.717) is 11.5 Å². The summed E-state index contributed by atoms with van der Waals surface area (Å²) in [7, 11) is 0. The van der Waals surface area contributed by atoms with Crippen LogP contribution in [-0.2, 0) is 6.42 Å². The summed E-state index contributed by atoms with van der Waals surface area (Å²) < 4.78 is 0. The molecule has 1 aliphatic rings. The summed E-state index contributed by atoms with van der Waals surface area (Å²) in [6, 6.07) is 9.20. The van der Waals surface area contributed by atoms with Gasteiger partial charge in [0, 0.05) is 12.6 Å². The third-order valence-corrected chi connectivity index (χ3v) is 4.83. The molecule has 0 radical (unpaired) electrons. The molecule has 0 spiro atoms. The van der Waals surface area contributed by atoms with E-state index >= 15 is 0 Å². The van der Waals surface area contributed by atoms with Gasteiger partial charge in [0.05, 0.1) is 0 Å². The van der Waals surface area contributed by atoms with Gasteiger partial charge < -0.3 is 5.73 Å². The molecule has 1 saturated heterocycles. The SMILES string of the molecule is CCc1ccccc1C(CN)N1CCCC(C)(C)CC1. The van der Waals surface area contributed by atoms with Gasteiger partial charge in [0.1, 0.15) is 0 Å². The molecule has 2 N–H and O–H groups in total. The molecule has 1 aliphatic heterocycles. The summed E-state index contributed by atoms with van der Waals surface area (Å²) in [5.74, 6) is 0. The Kier molecular flexibility index (Phi) is 5.22. The number of hydrogen-bond donors (Lipinski definition) is 1. The quantitative estimate of drug-likeness (QED) is 0.906. The van der Waals surface area contributed by atoms with Crippen LogP contribution in [0.4, 0.5) is 0 Å². The summed E-state index contributed by atoms with van der Waals surface area (Å²) >= 11 is 0. The maximum absolute atomic E-state index is 6.14. The summed E-state index contributed by atoms with van der Waals surface area (Å²) in [5, 5.41) is 0. The molecule has 0 bridgehead atoms. The largest absolute Gasteiger partial charge is 0.329 e. The Morgan fingerprint density at radius 3 is 2.65 bits per heavy atom. The number of likely N-dealkylation sites (tertiary alicyclic amines) is 1. The predicted octanol–water partition coefficient (Wildman–Crippen LogP) is 3.76. The Balaban J connectivity index is 2.19. The number of rotatable bonds is 4. The lowest BCUT2D eigenvalue weighted by molar-refractivity contribution is 0.199. The highest BCUT2D eigenvalue weighted by Crippen LogP contribution is 2.33. The van der Waals surface area contributed by atoms with Gasteiger partial charge in [0.25, 0.3) is 0 Å². The summed E-state index contributed by atoms with van der Waals surface area (Å²) in [4.78, 5) is 2.61. The van der Waals surface area contributed by atoms with E-state index in [2.05, 4.69) is 49.9 Å². The molecule has 2 rings (SSSR count). The number of benzene rings is 1. The molecule has 20 heavy (non-hydrogen) atoms. The van der Waals surface area contributed by atoms with Gasteiger partial charge in [-0.05, 0) is 55.3 Å². The van der Waals surface area contributed by atoms with Crippen LogP contribution in [0.2, 0.25) is 0 Å². The Morgan fingerprint density at radius 2 is 1.95 bits per heavy atom. The van der Waals surface area contributed by atoms with Crippen molar-refractivity contribution in [3.63, 3.8) is 0 Å². The molecule has 0 amide bonds. The van der Waals surface area contributed by atoms with Crippen molar-refractivity contribution in [1.82, 2.24) is 4.90 Å². The van der Waals surface area contributed by atoms with Gasteiger partial charge in [-0.15, -0.1) is 0 Å². The second-order valence-electron chi connectivity index (χ2n) is 6.86. The topological polar surface area (TPSA) is 29.3 Å². The van der Waals surface area contributed by atoms with Crippen LogP contribution in [0, 0.1) is 5.41 Å². The van der Waals surface area contributed by atoms with Crippen molar-refractivity contribution in [3.05, 3.63) is 35.4 Å². The van der Waals surface area contributed by atoms with Crippen molar-refractivity contribution in [2.24, 2.45) is 11.1 Å². The lowest BCUT2D eigenvalue weighted by Crippen LogP contribution is -2.35. The first kappa shape index (κ1) is 15.5. The second-order valence-corrected chi connectivity index (χ2v) is 6.86. The van der Waals surface area contributed by atoms with Gasteiger partial charge in [-0.3, -0.25) is 4.90 Å². The molecule has 1 fully saturated rings. The molecular formula is C18H30N2. The standard InChI is InChI=1S/C18H30N2/c1-4-15-8-5-6-9-16(15)17(14-19)20-12-7-10-18(2,3)11-13-20/h5-6,8-9,17H,4,7,10-14,19H2,1-3H3. The highest BCUT2D eigenvalue weighted by atomic mass is 15.2. The lowest BCUT2D eigenvalue weighted by Gasteiger charge is -2.32. The van der Waals surface area contributed by atoms with Crippen LogP contribution >= 0.6 is 0 Å². The van der Waals surface area contributed by atoms with Gasteiger partial charge in [0.15, 0.2) is 0 Å². The molecule has 0 aliphatic carbocycles. The van der Waals surface area contributed by atoms with Crippen molar-refractivity contribution >= 4 is 0 Å². The van der Waals surface area contributed by atoms with E-state index in [-0.39, 0.29) is 0 Å². The normalized spacial score (nSPS) is 21.4. The number of nitrogens with zero attached hydrogens (tertiary/aromatic N) is 1. The molecule has 0 saturated carbocycles. The zero-order valence-electron chi connectivity index (χ0n) is 13.4. The van der Waals surface area contributed by atoms with Gasteiger partial charge >= 0.3 is 0 Å². The fourth-order valence-electron chi connectivity index (χ4n) is 3.41. The minimum atomic E-state index is 0.389. The number of nitrogens with two attached hydrogens (primary N) is 1. The molecule has 1 aromatic rings. The number of hydrogen-bond acceptors (Lipinski definition) is 2. The lowest BCUT2D eigenvalue weighted by atomic mass is 9.85.